The van der Waals surface area contributed by atoms with Crippen molar-refractivity contribution in [3.05, 3.63) is 0 Å². The van der Waals surface area contributed by atoms with Gasteiger partial charge in [-0.05, 0) is 52.9 Å². The number of carbonyl (C=O) groups excluding carboxylic acids is 4. The van der Waals surface area contributed by atoms with Gasteiger partial charge < -0.3 is 59.1 Å². The average Bonchev–Trinajstić information content (AvgIpc) is 3.16. The molecule has 58 heavy (non-hydrogen) atoms. The Morgan fingerprint density at radius 2 is 0.966 bits per heavy atom. The number of rotatable bonds is 34. The lowest BCUT2D eigenvalue weighted by Gasteiger charge is -2.41. The second-order valence-electron chi connectivity index (χ2n) is 14.5. The van der Waals surface area contributed by atoms with Gasteiger partial charge in [-0.25, -0.2) is 0 Å². The molecule has 4 amide bonds. The van der Waals surface area contributed by atoms with Gasteiger partial charge in [0.25, 0.3) is 0 Å². The maximum Gasteiger partial charge on any atom is 0.333 e. The average molecular weight is 841 g/mol. The molecule has 0 aromatic rings. The molecule has 0 aromatic heterocycles. The summed E-state index contributed by atoms with van der Waals surface area (Å²) in [6.07, 6.45) is 15.5. The molecular weight excluding hydrogens is 775 g/mol. The first kappa shape index (κ1) is 52.5. The Hall–Kier alpha value is -3.53. The van der Waals surface area contributed by atoms with E-state index in [2.05, 4.69) is 39.0 Å². The molecular formula is C40H65N4O13P. The van der Waals surface area contributed by atoms with Gasteiger partial charge in [0, 0.05) is 50.4 Å². The van der Waals surface area contributed by atoms with Crippen molar-refractivity contribution < 1.29 is 61.6 Å². The van der Waals surface area contributed by atoms with Crippen LogP contribution in [-0.4, -0.2) is 144 Å². The molecule has 1 unspecified atom stereocenters. The Balaban J connectivity index is 3.02. The molecule has 18 heteroatoms. The maximum absolute atomic E-state index is 13.8. The van der Waals surface area contributed by atoms with Gasteiger partial charge in [0.1, 0.15) is 19.8 Å². The summed E-state index contributed by atoms with van der Waals surface area (Å²) in [5, 5.41) is 10.5. The zero-order chi connectivity index (χ0) is 43.1. The zero-order valence-electron chi connectivity index (χ0n) is 34.4. The molecule has 1 aliphatic rings. The third-order valence-corrected chi connectivity index (χ3v) is 11.1. The van der Waals surface area contributed by atoms with Crippen LogP contribution in [-0.2, 0) is 56.7 Å². The number of hydrogen-bond acceptors (Lipinski definition) is 12. The lowest BCUT2D eigenvalue weighted by molar-refractivity contribution is -0.134. The molecule has 328 valence electrons. The van der Waals surface area contributed by atoms with Crippen LogP contribution in [0.2, 0.25) is 0 Å². The van der Waals surface area contributed by atoms with Crippen LogP contribution in [0.4, 0.5) is 0 Å². The minimum Gasteiger partial charge on any atom is -0.377 e. The van der Waals surface area contributed by atoms with Crippen LogP contribution in [0, 0.1) is 42.9 Å². The number of terminal acetylenes is 3. The fraction of sp³-hybridized carbons (Fsp3) is 0.750. The quantitative estimate of drug-likeness (QED) is 0.0351. The first-order valence-electron chi connectivity index (χ1n) is 19.6. The first-order chi connectivity index (χ1) is 27.7. The molecule has 17 nitrogen and oxygen atoms in total. The summed E-state index contributed by atoms with van der Waals surface area (Å²) in [7, 11) is -3.95. The fourth-order valence-corrected chi connectivity index (χ4v) is 6.21. The van der Waals surface area contributed by atoms with Gasteiger partial charge in [-0.2, -0.15) is 0 Å². The predicted octanol–water partition coefficient (Wildman–Crippen LogP) is 1.31. The number of nitrogens with one attached hydrogen (secondary N) is 4. The maximum atomic E-state index is 13.8. The Bertz CT molecular complexity index is 1280. The van der Waals surface area contributed by atoms with Crippen molar-refractivity contribution in [2.45, 2.75) is 88.9 Å². The van der Waals surface area contributed by atoms with E-state index >= 15 is 0 Å². The van der Waals surface area contributed by atoms with Crippen LogP contribution in [0.15, 0.2) is 0 Å². The van der Waals surface area contributed by atoms with Crippen LogP contribution in [0.5, 0.6) is 0 Å². The highest BCUT2D eigenvalue weighted by molar-refractivity contribution is 7.54. The van der Waals surface area contributed by atoms with E-state index in [0.717, 1.165) is 0 Å². The summed E-state index contributed by atoms with van der Waals surface area (Å²) in [6.45, 7) is 8.56. The number of ether oxygens (including phenoxy) is 6. The van der Waals surface area contributed by atoms with Crippen LogP contribution in [0.1, 0.15) is 72.1 Å². The highest BCUT2D eigenvalue weighted by Crippen LogP contribution is 2.57. The van der Waals surface area contributed by atoms with E-state index in [1.54, 1.807) is 20.8 Å². The SMILES string of the molecule is C#CCOCCOCCNC(=O)CCC(CCC(=O)NCCOCCOCC#C)(CCC(=O)NCCOCCOCC#C)NC(=O)[C@H]1C[C@H](OP(=O)(O)C(C)(C)C)C1. The highest BCUT2D eigenvalue weighted by atomic mass is 31.2. The molecule has 0 aromatic carbocycles. The Morgan fingerprint density at radius 3 is 1.29 bits per heavy atom. The van der Waals surface area contributed by atoms with E-state index in [0.29, 0.717) is 39.6 Å². The molecule has 5 N–H and O–H groups in total. The molecule has 0 spiro atoms. The lowest BCUT2D eigenvalue weighted by Crippen LogP contribution is -2.54. The topological polar surface area (TPSA) is 218 Å². The molecule has 1 saturated carbocycles. The summed E-state index contributed by atoms with van der Waals surface area (Å²) in [6, 6.07) is 0. The Labute approximate surface area is 344 Å². The number of carbonyl (C=O) groups is 4. The van der Waals surface area contributed by atoms with Gasteiger partial charge in [-0.3, -0.25) is 23.7 Å². The van der Waals surface area contributed by atoms with Gasteiger partial charge in [-0.15, -0.1) is 19.3 Å². The normalized spacial score (nSPS) is 16.1. The van der Waals surface area contributed by atoms with Gasteiger partial charge in [0.2, 0.25) is 23.6 Å². The van der Waals surface area contributed by atoms with Crippen molar-refractivity contribution in [1.82, 2.24) is 21.3 Å². The fourth-order valence-electron chi connectivity index (χ4n) is 5.32. The summed E-state index contributed by atoms with van der Waals surface area (Å²) in [4.78, 5) is 63.3. The van der Waals surface area contributed by atoms with E-state index in [1.165, 1.54) is 0 Å². The smallest absolute Gasteiger partial charge is 0.333 e. The second-order valence-corrected chi connectivity index (χ2v) is 17.1. The molecule has 0 bridgehead atoms. The zero-order valence-corrected chi connectivity index (χ0v) is 35.3. The standard InChI is InChI=1S/C40H65N4O13P/c1-7-19-51-25-28-54-22-16-41-35(45)10-13-40(14-11-36(46)42-17-23-55-29-26-52-20-8-2,15-12-37(47)43-18-24-56-30-27-53-21-9-3)44-38(48)33-31-34(32-33)57-58(49,50)39(4,5)6/h1-3,33-34H,10-32H2,4-6H3,(H,41,45)(H,42,46)(H,43,47)(H,44,48)(H,49,50)/t33-,34-. The third-order valence-electron chi connectivity index (χ3n) is 8.86. The van der Waals surface area contributed by atoms with E-state index in [1.807, 2.05) is 0 Å². The summed E-state index contributed by atoms with van der Waals surface area (Å²) < 4.78 is 50.1. The van der Waals surface area contributed by atoms with E-state index in [9.17, 15) is 28.6 Å². The van der Waals surface area contributed by atoms with E-state index in [4.69, 9.17) is 52.2 Å². The van der Waals surface area contributed by atoms with Gasteiger partial charge in [0.05, 0.1) is 70.7 Å². The lowest BCUT2D eigenvalue weighted by atomic mass is 9.78. The summed E-state index contributed by atoms with van der Waals surface area (Å²) in [5.74, 6) is 5.23. The molecule has 0 radical (unpaired) electrons. The minimum atomic E-state index is -3.95. The number of hydrogen-bond donors (Lipinski definition) is 5. The van der Waals surface area contributed by atoms with Crippen LogP contribution in [0.25, 0.3) is 0 Å². The van der Waals surface area contributed by atoms with E-state index in [-0.39, 0.29) is 134 Å². The second kappa shape index (κ2) is 30.5. The van der Waals surface area contributed by atoms with Gasteiger partial charge >= 0.3 is 7.60 Å². The van der Waals surface area contributed by atoms with Crippen molar-refractivity contribution in [2.24, 2.45) is 5.92 Å². The van der Waals surface area contributed by atoms with Gasteiger partial charge in [-0.1, -0.05) is 17.8 Å². The molecule has 1 aliphatic carbocycles. The molecule has 1 fully saturated rings. The molecule has 0 saturated heterocycles. The highest BCUT2D eigenvalue weighted by Gasteiger charge is 2.45. The first-order valence-corrected chi connectivity index (χ1v) is 21.2. The Morgan fingerprint density at radius 1 is 0.621 bits per heavy atom. The van der Waals surface area contributed by atoms with Crippen LogP contribution < -0.4 is 21.3 Å². The molecule has 1 rings (SSSR count). The van der Waals surface area contributed by atoms with Crippen molar-refractivity contribution >= 4 is 31.2 Å². The summed E-state index contributed by atoms with van der Waals surface area (Å²) in [5.41, 5.74) is -1.16. The molecule has 0 heterocycles. The largest absolute Gasteiger partial charge is 0.377 e. The Kier molecular flexibility index (Phi) is 27.6. The minimum absolute atomic E-state index is 0.0321. The van der Waals surface area contributed by atoms with Gasteiger partial charge in [0.15, 0.2) is 0 Å². The van der Waals surface area contributed by atoms with Crippen molar-refractivity contribution in [2.75, 3.05) is 98.9 Å². The predicted molar refractivity (Wildman–Crippen MR) is 216 cm³/mol. The number of amides is 4. The van der Waals surface area contributed by atoms with Crippen molar-refractivity contribution in [3.63, 3.8) is 0 Å². The summed E-state index contributed by atoms with van der Waals surface area (Å²) >= 11 is 0. The van der Waals surface area contributed by atoms with E-state index < -0.39 is 30.3 Å². The third kappa shape index (κ3) is 24.4. The van der Waals surface area contributed by atoms with Crippen LogP contribution >= 0.6 is 7.60 Å². The molecule has 0 aliphatic heterocycles. The van der Waals surface area contributed by atoms with Crippen molar-refractivity contribution in [3.8, 4) is 37.0 Å². The van der Waals surface area contributed by atoms with Crippen LogP contribution in [0.3, 0.4) is 0 Å². The monoisotopic (exact) mass is 840 g/mol. The van der Waals surface area contributed by atoms with Crippen molar-refractivity contribution in [1.29, 1.82) is 0 Å². The molecule has 1 atom stereocenters.